The van der Waals surface area contributed by atoms with Gasteiger partial charge in [-0.1, -0.05) is 35.4 Å². The predicted octanol–water partition coefficient (Wildman–Crippen LogP) is 5.64. The molecule has 9 heteroatoms. The first kappa shape index (κ1) is 17.8. The van der Waals surface area contributed by atoms with Crippen LogP contribution < -0.4 is 5.32 Å². The van der Waals surface area contributed by atoms with Crippen molar-refractivity contribution >= 4 is 40.3 Å². The monoisotopic (exact) mass is 405 g/mol. The number of nitrogens with zero attached hydrogens (tertiary/aromatic N) is 2. The Morgan fingerprint density at radius 2 is 1.78 bits per heavy atom. The lowest BCUT2D eigenvalue weighted by molar-refractivity contribution is -0.385. The van der Waals surface area contributed by atoms with Crippen LogP contribution in [0.15, 0.2) is 42.5 Å². The fraction of sp³-hybridized carbons (Fsp3) is 0.222. The highest BCUT2D eigenvalue weighted by molar-refractivity contribution is 6.33. The normalized spacial score (nSPS) is 22.7. The Labute approximate surface area is 163 Å². The van der Waals surface area contributed by atoms with Crippen LogP contribution in [0.3, 0.4) is 0 Å². The molecule has 1 aliphatic heterocycles. The molecule has 0 saturated carbocycles. The molecule has 1 heterocycles. The molecule has 27 heavy (non-hydrogen) atoms. The van der Waals surface area contributed by atoms with Crippen molar-refractivity contribution in [2.45, 2.75) is 18.4 Å². The van der Waals surface area contributed by atoms with Gasteiger partial charge in [0.05, 0.1) is 32.2 Å². The molecule has 0 saturated heterocycles. The Morgan fingerprint density at radius 3 is 2.48 bits per heavy atom. The number of allylic oxidation sites excluding steroid dienone is 2. The van der Waals surface area contributed by atoms with Gasteiger partial charge in [-0.05, 0) is 24.5 Å². The Kier molecular flexibility index (Phi) is 4.28. The largest absolute Gasteiger partial charge is 0.376 e. The summed E-state index contributed by atoms with van der Waals surface area (Å²) in [6.07, 6.45) is 4.57. The van der Waals surface area contributed by atoms with E-state index >= 15 is 0 Å². The molecule has 0 unspecified atom stereocenters. The summed E-state index contributed by atoms with van der Waals surface area (Å²) in [4.78, 5) is 21.8. The van der Waals surface area contributed by atoms with Crippen LogP contribution in [0.2, 0.25) is 10.0 Å². The van der Waals surface area contributed by atoms with E-state index < -0.39 is 9.85 Å². The second-order valence-electron chi connectivity index (χ2n) is 6.55. The average Bonchev–Trinajstić information content (AvgIpc) is 3.11. The average molecular weight is 406 g/mol. The van der Waals surface area contributed by atoms with E-state index in [2.05, 4.69) is 5.32 Å². The van der Waals surface area contributed by atoms with Gasteiger partial charge < -0.3 is 5.32 Å². The maximum Gasteiger partial charge on any atom is 0.275 e. The first-order chi connectivity index (χ1) is 12.9. The Morgan fingerprint density at radius 1 is 1.04 bits per heavy atom. The van der Waals surface area contributed by atoms with Gasteiger partial charge in [-0.2, -0.15) is 0 Å². The van der Waals surface area contributed by atoms with Crippen LogP contribution in [-0.4, -0.2) is 9.85 Å². The van der Waals surface area contributed by atoms with Crippen molar-refractivity contribution in [2.75, 3.05) is 5.32 Å². The van der Waals surface area contributed by atoms with Gasteiger partial charge in [0.2, 0.25) is 0 Å². The molecule has 0 aromatic heterocycles. The quantitative estimate of drug-likeness (QED) is 0.404. The standard InChI is InChI=1S/C18H13Cl2N3O4/c19-13-5-4-9(22(24)25)8-12(13)17-11-3-1-2-10(11)16-15(23(26)27)7-6-14(20)18(16)21-17/h1-2,4-8,10-11,17,21H,3H2/t10-,11+,17+/m0/s1. The predicted molar refractivity (Wildman–Crippen MR) is 103 cm³/mol. The summed E-state index contributed by atoms with van der Waals surface area (Å²) in [5.74, 6) is -0.283. The summed E-state index contributed by atoms with van der Waals surface area (Å²) >= 11 is 12.7. The number of benzene rings is 2. The second-order valence-corrected chi connectivity index (χ2v) is 7.37. The zero-order valence-corrected chi connectivity index (χ0v) is 15.3. The van der Waals surface area contributed by atoms with E-state index in [0.717, 1.165) is 0 Å². The van der Waals surface area contributed by atoms with E-state index in [0.29, 0.717) is 33.3 Å². The molecule has 0 radical (unpaired) electrons. The van der Waals surface area contributed by atoms with Crippen LogP contribution in [-0.2, 0) is 0 Å². The Bertz CT molecular complexity index is 1010. The minimum Gasteiger partial charge on any atom is -0.376 e. The SMILES string of the molecule is O=[N+]([O-])c1ccc(Cl)c([C@@H]2Nc3c(Cl)ccc([N+](=O)[O-])c3[C@H]3C=CC[C@H]32)c1. The maximum absolute atomic E-state index is 11.5. The van der Waals surface area contributed by atoms with E-state index in [1.165, 1.54) is 30.3 Å². The van der Waals surface area contributed by atoms with Gasteiger partial charge in [0.25, 0.3) is 11.4 Å². The molecule has 0 bridgehead atoms. The Hall–Kier alpha value is -2.64. The molecule has 1 N–H and O–H groups in total. The number of hydrogen-bond donors (Lipinski definition) is 1. The van der Waals surface area contributed by atoms with E-state index in [9.17, 15) is 20.2 Å². The summed E-state index contributed by atoms with van der Waals surface area (Å²) in [5, 5.41) is 26.7. The summed E-state index contributed by atoms with van der Waals surface area (Å²) in [7, 11) is 0. The van der Waals surface area contributed by atoms with Gasteiger partial charge >= 0.3 is 0 Å². The third kappa shape index (κ3) is 2.83. The molecular formula is C18H13Cl2N3O4. The van der Waals surface area contributed by atoms with Gasteiger partial charge in [0.15, 0.2) is 0 Å². The van der Waals surface area contributed by atoms with Gasteiger partial charge in [-0.25, -0.2) is 0 Å². The highest BCUT2D eigenvalue weighted by atomic mass is 35.5. The number of rotatable bonds is 3. The number of anilines is 1. The number of hydrogen-bond acceptors (Lipinski definition) is 5. The third-order valence-corrected chi connectivity index (χ3v) is 5.83. The molecular weight excluding hydrogens is 393 g/mol. The van der Waals surface area contributed by atoms with Crippen molar-refractivity contribution in [3.8, 4) is 0 Å². The van der Waals surface area contributed by atoms with Gasteiger partial charge in [-0.3, -0.25) is 20.2 Å². The summed E-state index contributed by atoms with van der Waals surface area (Å²) in [6, 6.07) is 6.84. The van der Waals surface area contributed by atoms with Crippen molar-refractivity contribution in [2.24, 2.45) is 5.92 Å². The van der Waals surface area contributed by atoms with E-state index in [1.54, 1.807) is 0 Å². The van der Waals surface area contributed by atoms with Crippen molar-refractivity contribution in [1.29, 1.82) is 0 Å². The van der Waals surface area contributed by atoms with Gasteiger partial charge in [-0.15, -0.1) is 0 Å². The highest BCUT2D eigenvalue weighted by Gasteiger charge is 2.43. The molecule has 2 aromatic rings. The molecule has 0 amide bonds. The van der Waals surface area contributed by atoms with Crippen molar-refractivity contribution in [3.05, 3.63) is 83.9 Å². The van der Waals surface area contributed by atoms with Crippen molar-refractivity contribution in [1.82, 2.24) is 0 Å². The number of non-ortho nitro benzene ring substituents is 1. The van der Waals surface area contributed by atoms with Crippen LogP contribution in [0, 0.1) is 26.1 Å². The number of nitrogens with one attached hydrogen (secondary N) is 1. The highest BCUT2D eigenvalue weighted by Crippen LogP contribution is 2.55. The Balaban J connectivity index is 1.89. The molecule has 4 rings (SSSR count). The van der Waals surface area contributed by atoms with Gasteiger partial charge in [0.1, 0.15) is 0 Å². The minimum atomic E-state index is -0.473. The summed E-state index contributed by atoms with van der Waals surface area (Å²) < 4.78 is 0. The van der Waals surface area contributed by atoms with E-state index in [1.807, 2.05) is 12.2 Å². The molecule has 2 aliphatic rings. The smallest absolute Gasteiger partial charge is 0.275 e. The minimum absolute atomic E-state index is 0.00652. The van der Waals surface area contributed by atoms with Crippen LogP contribution in [0.25, 0.3) is 0 Å². The molecule has 0 spiro atoms. The second kappa shape index (κ2) is 6.51. The van der Waals surface area contributed by atoms with Crippen LogP contribution in [0.4, 0.5) is 17.1 Å². The molecule has 7 nitrogen and oxygen atoms in total. The number of nitro groups is 2. The molecule has 2 aromatic carbocycles. The zero-order valence-electron chi connectivity index (χ0n) is 13.8. The van der Waals surface area contributed by atoms with Crippen molar-refractivity contribution < 1.29 is 9.85 Å². The van der Waals surface area contributed by atoms with E-state index in [4.69, 9.17) is 23.2 Å². The molecule has 3 atom stereocenters. The van der Waals surface area contributed by atoms with Crippen molar-refractivity contribution in [3.63, 3.8) is 0 Å². The van der Waals surface area contributed by atoms with Crippen LogP contribution >= 0.6 is 23.2 Å². The van der Waals surface area contributed by atoms with E-state index in [-0.39, 0.29) is 29.3 Å². The topological polar surface area (TPSA) is 98.3 Å². The van der Waals surface area contributed by atoms with Crippen LogP contribution in [0.5, 0.6) is 0 Å². The maximum atomic E-state index is 11.5. The lowest BCUT2D eigenvalue weighted by Crippen LogP contribution is -2.30. The molecule has 0 fully saturated rings. The number of fused-ring (bicyclic) bond motifs is 3. The fourth-order valence-electron chi connectivity index (χ4n) is 4.00. The summed E-state index contributed by atoms with van der Waals surface area (Å²) in [5.41, 5.74) is 1.55. The fourth-order valence-corrected chi connectivity index (χ4v) is 4.46. The molecule has 1 aliphatic carbocycles. The number of nitro benzene ring substituents is 2. The third-order valence-electron chi connectivity index (χ3n) is 5.17. The van der Waals surface area contributed by atoms with Gasteiger partial charge in [0, 0.05) is 34.7 Å². The molecule has 138 valence electrons. The zero-order chi connectivity index (χ0) is 19.3. The number of halogens is 2. The lowest BCUT2D eigenvalue weighted by Gasteiger charge is -2.37. The summed E-state index contributed by atoms with van der Waals surface area (Å²) in [6.45, 7) is 0. The first-order valence-corrected chi connectivity index (χ1v) is 8.98. The lowest BCUT2D eigenvalue weighted by atomic mass is 9.76. The van der Waals surface area contributed by atoms with Crippen LogP contribution in [0.1, 0.15) is 29.5 Å². The first-order valence-electron chi connectivity index (χ1n) is 8.22.